The minimum Gasteiger partial charge on any atom is -0.406 e. The Kier molecular flexibility index (Phi) is 2.67. The van der Waals surface area contributed by atoms with Crippen molar-refractivity contribution in [3.8, 4) is 0 Å². The molecule has 1 aromatic rings. The molecule has 1 fully saturated rings. The van der Waals surface area contributed by atoms with Crippen molar-refractivity contribution in [2.45, 2.75) is 25.8 Å². The Hall–Kier alpha value is -1.10. The first-order valence-corrected chi connectivity index (χ1v) is 5.07. The van der Waals surface area contributed by atoms with Gasteiger partial charge in [-0.05, 0) is 26.8 Å². The molecule has 1 aromatic heterocycles. The third-order valence-corrected chi connectivity index (χ3v) is 2.61. The second-order valence-corrected chi connectivity index (χ2v) is 3.63. The molecule has 1 saturated heterocycles. The summed E-state index contributed by atoms with van der Waals surface area (Å²) >= 11 is 0. The van der Waals surface area contributed by atoms with Crippen LogP contribution in [0.4, 0.5) is 6.01 Å². The summed E-state index contributed by atoms with van der Waals surface area (Å²) < 4.78 is 5.56. The number of anilines is 1. The molecule has 1 aliphatic heterocycles. The van der Waals surface area contributed by atoms with E-state index in [0.717, 1.165) is 13.1 Å². The van der Waals surface area contributed by atoms with Gasteiger partial charge in [-0.25, -0.2) is 0 Å². The van der Waals surface area contributed by atoms with E-state index in [-0.39, 0.29) is 6.04 Å². The SMILES string of the molecule is CNC(C)c1nnc(N2CCCC2)o1. The molecular weight excluding hydrogens is 180 g/mol. The van der Waals surface area contributed by atoms with E-state index in [2.05, 4.69) is 20.4 Å². The molecule has 5 nitrogen and oxygen atoms in total. The maximum Gasteiger partial charge on any atom is 0.318 e. The molecule has 0 spiro atoms. The lowest BCUT2D eigenvalue weighted by molar-refractivity contribution is 0.433. The van der Waals surface area contributed by atoms with E-state index in [1.807, 2.05) is 14.0 Å². The second-order valence-electron chi connectivity index (χ2n) is 3.63. The van der Waals surface area contributed by atoms with E-state index in [1.165, 1.54) is 12.8 Å². The number of nitrogens with one attached hydrogen (secondary N) is 1. The van der Waals surface area contributed by atoms with Crippen LogP contribution in [-0.2, 0) is 0 Å². The number of nitrogens with zero attached hydrogens (tertiary/aromatic N) is 3. The fourth-order valence-electron chi connectivity index (χ4n) is 1.56. The molecule has 0 aliphatic carbocycles. The van der Waals surface area contributed by atoms with E-state index in [1.54, 1.807) is 0 Å². The zero-order valence-electron chi connectivity index (χ0n) is 8.66. The monoisotopic (exact) mass is 196 g/mol. The first-order valence-electron chi connectivity index (χ1n) is 5.07. The molecule has 0 amide bonds. The average molecular weight is 196 g/mol. The van der Waals surface area contributed by atoms with Crippen LogP contribution in [0.5, 0.6) is 0 Å². The van der Waals surface area contributed by atoms with Crippen LogP contribution in [0.25, 0.3) is 0 Å². The highest BCUT2D eigenvalue weighted by molar-refractivity contribution is 5.25. The molecule has 1 N–H and O–H groups in total. The second kappa shape index (κ2) is 3.96. The first-order chi connectivity index (χ1) is 6.81. The fourth-order valence-corrected chi connectivity index (χ4v) is 1.56. The van der Waals surface area contributed by atoms with Crippen LogP contribution >= 0.6 is 0 Å². The smallest absolute Gasteiger partial charge is 0.318 e. The van der Waals surface area contributed by atoms with Crippen molar-refractivity contribution >= 4 is 6.01 Å². The van der Waals surface area contributed by atoms with Crippen LogP contribution < -0.4 is 10.2 Å². The van der Waals surface area contributed by atoms with Crippen LogP contribution in [0.2, 0.25) is 0 Å². The Morgan fingerprint density at radius 3 is 2.71 bits per heavy atom. The predicted molar refractivity (Wildman–Crippen MR) is 53.2 cm³/mol. The summed E-state index contributed by atoms with van der Waals surface area (Å²) in [5, 5.41) is 11.1. The van der Waals surface area contributed by atoms with E-state index in [9.17, 15) is 0 Å². The van der Waals surface area contributed by atoms with Crippen molar-refractivity contribution in [1.29, 1.82) is 0 Å². The van der Waals surface area contributed by atoms with Crippen LogP contribution in [-0.4, -0.2) is 30.3 Å². The van der Waals surface area contributed by atoms with Crippen molar-refractivity contribution in [3.05, 3.63) is 5.89 Å². The molecule has 0 radical (unpaired) electrons. The van der Waals surface area contributed by atoms with Crippen LogP contribution in [0, 0.1) is 0 Å². The molecule has 78 valence electrons. The van der Waals surface area contributed by atoms with E-state index in [0.29, 0.717) is 11.9 Å². The maximum atomic E-state index is 5.56. The zero-order chi connectivity index (χ0) is 9.97. The molecule has 1 atom stereocenters. The number of rotatable bonds is 3. The van der Waals surface area contributed by atoms with Gasteiger partial charge in [0, 0.05) is 13.1 Å². The summed E-state index contributed by atoms with van der Waals surface area (Å²) in [6, 6.07) is 0.790. The first kappa shape index (κ1) is 9.45. The molecule has 1 unspecified atom stereocenters. The summed E-state index contributed by atoms with van der Waals surface area (Å²) in [5.41, 5.74) is 0. The van der Waals surface area contributed by atoms with E-state index in [4.69, 9.17) is 4.42 Å². The van der Waals surface area contributed by atoms with Gasteiger partial charge < -0.3 is 14.6 Å². The molecule has 0 bridgehead atoms. The Bertz CT molecular complexity index is 293. The Balaban J connectivity index is 2.08. The van der Waals surface area contributed by atoms with Crippen LogP contribution in [0.1, 0.15) is 31.7 Å². The highest BCUT2D eigenvalue weighted by Crippen LogP contribution is 2.20. The van der Waals surface area contributed by atoms with Crippen LogP contribution in [0.3, 0.4) is 0 Å². The maximum absolute atomic E-state index is 5.56. The van der Waals surface area contributed by atoms with Crippen molar-refractivity contribution in [2.24, 2.45) is 0 Å². The van der Waals surface area contributed by atoms with Gasteiger partial charge >= 0.3 is 6.01 Å². The van der Waals surface area contributed by atoms with Gasteiger partial charge in [-0.1, -0.05) is 5.10 Å². The summed E-state index contributed by atoms with van der Waals surface area (Å²) in [6.45, 7) is 4.08. The molecule has 2 heterocycles. The molecule has 1 aliphatic rings. The largest absolute Gasteiger partial charge is 0.406 e. The summed E-state index contributed by atoms with van der Waals surface area (Å²) in [7, 11) is 1.88. The molecule has 2 rings (SSSR count). The summed E-state index contributed by atoms with van der Waals surface area (Å²) in [5.74, 6) is 0.661. The fraction of sp³-hybridized carbons (Fsp3) is 0.778. The van der Waals surface area contributed by atoms with Gasteiger partial charge in [0.05, 0.1) is 6.04 Å². The van der Waals surface area contributed by atoms with Crippen LogP contribution in [0.15, 0.2) is 4.42 Å². The average Bonchev–Trinajstić information content (AvgIpc) is 2.86. The summed E-state index contributed by atoms with van der Waals surface area (Å²) in [4.78, 5) is 2.14. The van der Waals surface area contributed by atoms with Gasteiger partial charge in [0.1, 0.15) is 0 Å². The van der Waals surface area contributed by atoms with E-state index >= 15 is 0 Å². The molecular formula is C9H16N4O. The standard InChI is InChI=1S/C9H16N4O/c1-7(10-2)8-11-12-9(14-8)13-5-3-4-6-13/h7,10H,3-6H2,1-2H3. The molecule has 14 heavy (non-hydrogen) atoms. The minimum absolute atomic E-state index is 0.124. The Morgan fingerprint density at radius 1 is 1.36 bits per heavy atom. The van der Waals surface area contributed by atoms with Crippen molar-refractivity contribution in [2.75, 3.05) is 25.0 Å². The normalized spacial score (nSPS) is 18.9. The lowest BCUT2D eigenvalue weighted by atomic mass is 10.3. The third kappa shape index (κ3) is 1.72. The van der Waals surface area contributed by atoms with Gasteiger partial charge in [-0.15, -0.1) is 5.10 Å². The molecule has 0 saturated carbocycles. The quantitative estimate of drug-likeness (QED) is 0.780. The minimum atomic E-state index is 0.124. The zero-order valence-corrected chi connectivity index (χ0v) is 8.66. The topological polar surface area (TPSA) is 54.2 Å². The third-order valence-electron chi connectivity index (χ3n) is 2.61. The number of aromatic nitrogens is 2. The number of hydrogen-bond donors (Lipinski definition) is 1. The number of hydrogen-bond acceptors (Lipinski definition) is 5. The van der Waals surface area contributed by atoms with Gasteiger partial charge in [0.15, 0.2) is 0 Å². The lowest BCUT2D eigenvalue weighted by Crippen LogP contribution is -2.17. The van der Waals surface area contributed by atoms with Crippen molar-refractivity contribution in [1.82, 2.24) is 15.5 Å². The lowest BCUT2D eigenvalue weighted by Gasteiger charge is -2.10. The van der Waals surface area contributed by atoms with E-state index < -0.39 is 0 Å². The Morgan fingerprint density at radius 2 is 2.07 bits per heavy atom. The van der Waals surface area contributed by atoms with Crippen molar-refractivity contribution < 1.29 is 4.42 Å². The summed E-state index contributed by atoms with van der Waals surface area (Å²) in [6.07, 6.45) is 2.44. The van der Waals surface area contributed by atoms with Gasteiger partial charge in [-0.2, -0.15) is 0 Å². The highest BCUT2D eigenvalue weighted by Gasteiger charge is 2.19. The van der Waals surface area contributed by atoms with Crippen molar-refractivity contribution in [3.63, 3.8) is 0 Å². The predicted octanol–water partition coefficient (Wildman–Crippen LogP) is 0.950. The molecule has 5 heteroatoms. The van der Waals surface area contributed by atoms with Gasteiger partial charge in [0.25, 0.3) is 0 Å². The van der Waals surface area contributed by atoms with Gasteiger partial charge in [0.2, 0.25) is 5.89 Å². The highest BCUT2D eigenvalue weighted by atomic mass is 16.4. The van der Waals surface area contributed by atoms with Gasteiger partial charge in [-0.3, -0.25) is 0 Å². The molecule has 0 aromatic carbocycles. The Labute approximate surface area is 83.5 Å².